The van der Waals surface area contributed by atoms with E-state index >= 15 is 0 Å². The van der Waals surface area contributed by atoms with Gasteiger partial charge in [0.1, 0.15) is 24.6 Å². The van der Waals surface area contributed by atoms with Gasteiger partial charge >= 0.3 is 17.9 Å². The Bertz CT molecular complexity index is 687. The van der Waals surface area contributed by atoms with E-state index in [1.165, 1.54) is 20.8 Å². The second kappa shape index (κ2) is 12.1. The molecule has 4 unspecified atom stereocenters. The number of hydrogen-bond donors (Lipinski definition) is 0. The van der Waals surface area contributed by atoms with Crippen LogP contribution in [0.1, 0.15) is 46.6 Å². The second-order valence-electron chi connectivity index (χ2n) is 6.25. The summed E-state index contributed by atoms with van der Waals surface area (Å²) in [6.45, 7) is 9.48. The molecule has 162 valence electrons. The summed E-state index contributed by atoms with van der Waals surface area (Å²) < 4.78 is 27.4. The Morgan fingerprint density at radius 2 is 1.62 bits per heavy atom. The predicted molar refractivity (Wildman–Crippen MR) is 104 cm³/mol. The van der Waals surface area contributed by atoms with Crippen molar-refractivity contribution in [1.82, 2.24) is 0 Å². The highest BCUT2D eigenvalue weighted by atomic mass is 16.7. The van der Waals surface area contributed by atoms with Crippen molar-refractivity contribution in [1.29, 1.82) is 0 Å². The Morgan fingerprint density at radius 1 is 1.00 bits per heavy atom. The van der Waals surface area contributed by atoms with Crippen LogP contribution in [0.3, 0.4) is 0 Å². The molecule has 29 heavy (non-hydrogen) atoms. The number of aryl methyl sites for hydroxylation is 1. The Morgan fingerprint density at radius 3 is 2.17 bits per heavy atom. The van der Waals surface area contributed by atoms with Gasteiger partial charge in [-0.1, -0.05) is 32.0 Å². The van der Waals surface area contributed by atoms with Crippen LogP contribution in [0.15, 0.2) is 24.3 Å². The van der Waals surface area contributed by atoms with Crippen LogP contribution in [0.4, 0.5) is 0 Å². The van der Waals surface area contributed by atoms with Gasteiger partial charge in [0.2, 0.25) is 6.29 Å². The molecular weight excluding hydrogens is 380 g/mol. The van der Waals surface area contributed by atoms with Crippen molar-refractivity contribution in [3.8, 4) is 5.75 Å². The maximum absolute atomic E-state index is 11.5. The van der Waals surface area contributed by atoms with E-state index in [1.54, 1.807) is 6.07 Å². The molecule has 1 heterocycles. The molecule has 1 saturated heterocycles. The first kappa shape index (κ1) is 24.4. The normalized spacial score (nSPS) is 23.1. The molecule has 0 bridgehead atoms. The van der Waals surface area contributed by atoms with Crippen LogP contribution >= 0.6 is 0 Å². The molecule has 0 aromatic heterocycles. The minimum Gasteiger partial charge on any atom is -0.465 e. The molecular formula is C21H30O8. The third kappa shape index (κ3) is 8.11. The van der Waals surface area contributed by atoms with E-state index in [9.17, 15) is 14.4 Å². The fourth-order valence-corrected chi connectivity index (χ4v) is 2.80. The lowest BCUT2D eigenvalue weighted by molar-refractivity contribution is -0.245. The van der Waals surface area contributed by atoms with E-state index in [2.05, 4.69) is 0 Å². The molecule has 8 nitrogen and oxygen atoms in total. The summed E-state index contributed by atoms with van der Waals surface area (Å²) in [5.74, 6) is -0.987. The quantitative estimate of drug-likeness (QED) is 0.522. The van der Waals surface area contributed by atoms with E-state index in [0.717, 1.165) is 5.56 Å². The summed E-state index contributed by atoms with van der Waals surface area (Å²) in [6.07, 6.45) is -3.17. The van der Waals surface area contributed by atoms with Crippen molar-refractivity contribution in [2.75, 3.05) is 6.61 Å². The summed E-state index contributed by atoms with van der Waals surface area (Å²) in [6, 6.07) is 7.39. The molecule has 8 heteroatoms. The van der Waals surface area contributed by atoms with Crippen LogP contribution in [0, 0.1) is 6.92 Å². The van der Waals surface area contributed by atoms with Crippen molar-refractivity contribution < 1.29 is 38.1 Å². The maximum atomic E-state index is 11.5. The number of rotatable bonds is 6. The zero-order chi connectivity index (χ0) is 22.0. The number of ether oxygens (including phenoxy) is 5. The SMILES string of the molecule is CC.CC(=O)OCC1OC(Oc2ccccc2C)CC(OC(C)=O)C1OC(C)=O. The van der Waals surface area contributed by atoms with E-state index in [0.29, 0.717) is 5.75 Å². The van der Waals surface area contributed by atoms with Gasteiger partial charge in [-0.3, -0.25) is 14.4 Å². The molecule has 0 spiro atoms. The molecule has 0 aliphatic carbocycles. The van der Waals surface area contributed by atoms with Crippen LogP contribution in [0.5, 0.6) is 5.75 Å². The predicted octanol–water partition coefficient (Wildman–Crippen LogP) is 2.94. The third-order valence-corrected chi connectivity index (χ3v) is 3.91. The van der Waals surface area contributed by atoms with Crippen LogP contribution in [-0.2, 0) is 33.3 Å². The molecule has 1 aromatic rings. The molecule has 0 N–H and O–H groups in total. The van der Waals surface area contributed by atoms with Gasteiger partial charge in [0.15, 0.2) is 6.10 Å². The number of carbonyl (C=O) groups is 3. The Labute approximate surface area is 171 Å². The number of esters is 3. The maximum Gasteiger partial charge on any atom is 0.303 e. The van der Waals surface area contributed by atoms with Crippen LogP contribution in [-0.4, -0.2) is 49.1 Å². The molecule has 1 aliphatic rings. The fraction of sp³-hybridized carbons (Fsp3) is 0.571. The number of hydrogen-bond acceptors (Lipinski definition) is 8. The standard InChI is InChI=1S/C19H24O8.C2H6/c1-11-7-5-6-8-15(11)26-18-9-16(24-13(3)21)19(25-14(4)22)17(27-18)10-23-12(2)20;1-2/h5-8,16-19H,9-10H2,1-4H3;1-2H3. The topological polar surface area (TPSA) is 97.4 Å². The first-order valence-corrected chi connectivity index (χ1v) is 9.61. The molecule has 4 atom stereocenters. The van der Waals surface area contributed by atoms with Gasteiger partial charge in [-0.15, -0.1) is 0 Å². The second-order valence-corrected chi connectivity index (χ2v) is 6.25. The lowest BCUT2D eigenvalue weighted by Crippen LogP contribution is -2.54. The number of benzene rings is 1. The molecule has 1 aromatic carbocycles. The van der Waals surface area contributed by atoms with Gasteiger partial charge in [-0.05, 0) is 18.6 Å². The zero-order valence-electron chi connectivity index (χ0n) is 17.8. The summed E-state index contributed by atoms with van der Waals surface area (Å²) in [5, 5.41) is 0. The van der Waals surface area contributed by atoms with Crippen LogP contribution in [0.2, 0.25) is 0 Å². The lowest BCUT2D eigenvalue weighted by Gasteiger charge is -2.40. The minimum atomic E-state index is -0.914. The van der Waals surface area contributed by atoms with Crippen LogP contribution < -0.4 is 4.74 Å². The van der Waals surface area contributed by atoms with E-state index < -0.39 is 42.5 Å². The van der Waals surface area contributed by atoms with Crippen molar-refractivity contribution >= 4 is 17.9 Å². The monoisotopic (exact) mass is 410 g/mol. The Kier molecular flexibility index (Phi) is 10.2. The molecule has 0 radical (unpaired) electrons. The van der Waals surface area contributed by atoms with Crippen molar-refractivity contribution in [3.63, 3.8) is 0 Å². The highest BCUT2D eigenvalue weighted by Crippen LogP contribution is 2.29. The smallest absolute Gasteiger partial charge is 0.303 e. The third-order valence-electron chi connectivity index (χ3n) is 3.91. The summed E-state index contributed by atoms with van der Waals surface area (Å²) in [5.41, 5.74) is 0.906. The average Bonchev–Trinajstić information content (AvgIpc) is 2.65. The average molecular weight is 410 g/mol. The van der Waals surface area contributed by atoms with E-state index in [4.69, 9.17) is 23.7 Å². The van der Waals surface area contributed by atoms with Gasteiger partial charge in [0.25, 0.3) is 0 Å². The van der Waals surface area contributed by atoms with Gasteiger partial charge in [0, 0.05) is 20.8 Å². The lowest BCUT2D eigenvalue weighted by atomic mass is 10.0. The Balaban J connectivity index is 0.00000204. The van der Waals surface area contributed by atoms with Crippen molar-refractivity contribution in [2.45, 2.75) is 72.6 Å². The van der Waals surface area contributed by atoms with E-state index in [1.807, 2.05) is 39.0 Å². The van der Waals surface area contributed by atoms with Gasteiger partial charge in [-0.25, -0.2) is 0 Å². The molecule has 1 aliphatic heterocycles. The molecule has 2 rings (SSSR count). The highest BCUT2D eigenvalue weighted by Gasteiger charge is 2.44. The number of para-hydroxylation sites is 1. The van der Waals surface area contributed by atoms with Crippen molar-refractivity contribution in [2.24, 2.45) is 0 Å². The van der Waals surface area contributed by atoms with Gasteiger partial charge < -0.3 is 23.7 Å². The van der Waals surface area contributed by atoms with Gasteiger partial charge in [-0.2, -0.15) is 0 Å². The minimum absolute atomic E-state index is 0.155. The van der Waals surface area contributed by atoms with Gasteiger partial charge in [0.05, 0.1) is 6.42 Å². The fourth-order valence-electron chi connectivity index (χ4n) is 2.80. The van der Waals surface area contributed by atoms with E-state index in [-0.39, 0.29) is 13.0 Å². The molecule has 1 fully saturated rings. The highest BCUT2D eigenvalue weighted by molar-refractivity contribution is 5.67. The zero-order valence-corrected chi connectivity index (χ0v) is 17.8. The Hall–Kier alpha value is -2.61. The first-order valence-electron chi connectivity index (χ1n) is 9.61. The van der Waals surface area contributed by atoms with Crippen LogP contribution in [0.25, 0.3) is 0 Å². The van der Waals surface area contributed by atoms with Crippen molar-refractivity contribution in [3.05, 3.63) is 29.8 Å². The summed E-state index contributed by atoms with van der Waals surface area (Å²) in [7, 11) is 0. The first-order chi connectivity index (χ1) is 13.8. The number of carbonyl (C=O) groups excluding carboxylic acids is 3. The molecule has 0 amide bonds. The molecule has 0 saturated carbocycles. The largest absolute Gasteiger partial charge is 0.465 e. The summed E-state index contributed by atoms with van der Waals surface area (Å²) >= 11 is 0. The summed E-state index contributed by atoms with van der Waals surface area (Å²) in [4.78, 5) is 34.2.